The van der Waals surface area contributed by atoms with E-state index in [1.54, 1.807) is 0 Å². The van der Waals surface area contributed by atoms with Gasteiger partial charge in [0.2, 0.25) is 0 Å². The Bertz CT molecular complexity index is 645. The fourth-order valence-electron chi connectivity index (χ4n) is 2.35. The van der Waals surface area contributed by atoms with Crippen LogP contribution in [0.3, 0.4) is 0 Å². The van der Waals surface area contributed by atoms with E-state index in [4.69, 9.17) is 0 Å². The van der Waals surface area contributed by atoms with Crippen LogP contribution in [0.4, 0.5) is 0 Å². The predicted octanol–water partition coefficient (Wildman–Crippen LogP) is 2.97. The van der Waals surface area contributed by atoms with Gasteiger partial charge >= 0.3 is 153 Å². The fourth-order valence-corrected chi connectivity index (χ4v) is 4.51. The molecule has 0 spiro atoms. The first-order valence-corrected chi connectivity index (χ1v) is 10.4. The van der Waals surface area contributed by atoms with Crippen LogP contribution in [0.2, 0.25) is 0 Å². The molecule has 2 rings (SSSR count). The van der Waals surface area contributed by atoms with Crippen LogP contribution in [0.1, 0.15) is 52.2 Å². The van der Waals surface area contributed by atoms with Gasteiger partial charge in [0.05, 0.1) is 0 Å². The molecule has 23 heavy (non-hydrogen) atoms. The Morgan fingerprint density at radius 2 is 1.26 bits per heavy atom. The molecule has 0 aliphatic rings. The van der Waals surface area contributed by atoms with Crippen LogP contribution in [0.15, 0.2) is 61.2 Å². The van der Waals surface area contributed by atoms with Crippen molar-refractivity contribution in [1.29, 1.82) is 0 Å². The molecule has 0 radical (unpaired) electrons. The van der Waals surface area contributed by atoms with E-state index < -0.39 is 0 Å². The second-order valence-corrected chi connectivity index (χ2v) is 10.3. The van der Waals surface area contributed by atoms with Gasteiger partial charge in [-0.05, 0) is 0 Å². The van der Waals surface area contributed by atoms with E-state index in [1.807, 2.05) is 6.08 Å². The molecule has 0 amide bonds. The topological polar surface area (TPSA) is 0 Å². The molecule has 0 atom stereocenters. The monoisotopic (exact) mass is 419 g/mol. The molecule has 0 heterocycles. The molecule has 0 bridgehead atoms. The van der Waals surface area contributed by atoms with E-state index in [2.05, 4.69) is 89.7 Å². The average Bonchev–Trinajstić information content (AvgIpc) is 2.56. The number of hydrogen-bond acceptors (Lipinski definition) is 0. The summed E-state index contributed by atoms with van der Waals surface area (Å²) in [4.78, 5) is 0. The van der Waals surface area contributed by atoms with E-state index in [1.165, 1.54) is 24.7 Å². The molecule has 0 unspecified atom stereocenters. The van der Waals surface area contributed by atoms with Gasteiger partial charge in [-0.3, -0.25) is 0 Å². The molecule has 0 N–H and O–H groups in total. The summed E-state index contributed by atoms with van der Waals surface area (Å²) >= 11 is -0.105. The molecule has 0 nitrogen and oxygen atoms in total. The van der Waals surface area contributed by atoms with Crippen LogP contribution in [0.25, 0.3) is 0 Å². The normalized spacial score (nSPS) is 12.4. The van der Waals surface area contributed by atoms with Gasteiger partial charge in [0.15, 0.2) is 0 Å². The Morgan fingerprint density at radius 3 is 1.65 bits per heavy atom. The number of hydrogen-bond donors (Lipinski definition) is 0. The van der Waals surface area contributed by atoms with Crippen molar-refractivity contribution in [2.45, 2.75) is 51.9 Å². The van der Waals surface area contributed by atoms with Gasteiger partial charge in [0, 0.05) is 0 Å². The van der Waals surface area contributed by atoms with Crippen LogP contribution in [0.5, 0.6) is 0 Å². The second kappa shape index (κ2) is 7.21. The van der Waals surface area contributed by atoms with Gasteiger partial charge in [-0.25, -0.2) is 0 Å². The maximum absolute atomic E-state index is 3.94. The van der Waals surface area contributed by atoms with Crippen molar-refractivity contribution in [3.8, 4) is 0 Å². The summed E-state index contributed by atoms with van der Waals surface area (Å²) in [6, 6.07) is 18.4. The van der Waals surface area contributed by atoms with Crippen molar-refractivity contribution in [2.75, 3.05) is 0 Å². The molecule has 0 aromatic heterocycles. The van der Waals surface area contributed by atoms with E-state index in [9.17, 15) is 0 Å². The molecule has 0 saturated carbocycles. The Hall–Kier alpha value is -1.09. The van der Waals surface area contributed by atoms with E-state index in [0.717, 1.165) is 0 Å². The molecule has 124 valence electrons. The van der Waals surface area contributed by atoms with Gasteiger partial charge in [-0.15, -0.1) is 0 Å². The fraction of sp³-hybridized carbons (Fsp3) is 0.364. The molecule has 0 aliphatic heterocycles. The van der Waals surface area contributed by atoms with Crippen molar-refractivity contribution in [1.82, 2.24) is 0 Å². The van der Waals surface area contributed by atoms with E-state index in [-0.39, 0.29) is 32.0 Å². The Morgan fingerprint density at radius 1 is 0.826 bits per heavy atom. The molecular weight excluding hydrogens is 391 g/mol. The van der Waals surface area contributed by atoms with Crippen LogP contribution in [0, 0.1) is 7.14 Å². The molecule has 1 heteroatoms. The first-order chi connectivity index (χ1) is 10.8. The average molecular weight is 419 g/mol. The van der Waals surface area contributed by atoms with Gasteiger partial charge in [0.1, 0.15) is 0 Å². The minimum atomic E-state index is -0.105. The van der Waals surface area contributed by atoms with E-state index in [0.29, 0.717) is 0 Å². The standard InChI is InChI=1S/C22H28I/c1-7-21(3,4)17-9-13-19(14-10-17)23-20-15-11-18(12-16-20)22(5,6)8-2/h7,9-16H,1,8H2,2-6H3/q-1. The van der Waals surface area contributed by atoms with Crippen LogP contribution in [-0.4, -0.2) is 0 Å². The van der Waals surface area contributed by atoms with Crippen LogP contribution in [-0.2, 0) is 10.8 Å². The summed E-state index contributed by atoms with van der Waals surface area (Å²) in [7, 11) is 0. The summed E-state index contributed by atoms with van der Waals surface area (Å²) in [5.41, 5.74) is 3.09. The number of rotatable bonds is 6. The number of halogens is 1. The van der Waals surface area contributed by atoms with Crippen molar-refractivity contribution < 1.29 is 21.2 Å². The Balaban J connectivity index is 2.12. The summed E-state index contributed by atoms with van der Waals surface area (Å²) in [6.45, 7) is 15.2. The third-order valence-corrected chi connectivity index (χ3v) is 7.51. The molecule has 2 aromatic carbocycles. The third-order valence-electron chi connectivity index (χ3n) is 4.83. The maximum atomic E-state index is 3.94. The Labute approximate surface area is 152 Å². The predicted molar refractivity (Wildman–Crippen MR) is 96.8 cm³/mol. The van der Waals surface area contributed by atoms with Crippen molar-refractivity contribution in [3.05, 3.63) is 79.5 Å². The zero-order chi connectivity index (χ0) is 17.1. The zero-order valence-corrected chi connectivity index (χ0v) is 17.1. The number of allylic oxidation sites excluding steroid dienone is 1. The molecule has 0 saturated heterocycles. The minimum absolute atomic E-state index is 0.0459. The van der Waals surface area contributed by atoms with Crippen LogP contribution < -0.4 is 21.2 Å². The van der Waals surface area contributed by atoms with Crippen molar-refractivity contribution >= 4 is 0 Å². The summed E-state index contributed by atoms with van der Waals surface area (Å²) in [5.74, 6) is 0. The first-order valence-electron chi connectivity index (χ1n) is 8.28. The molecule has 0 aliphatic carbocycles. The number of benzene rings is 2. The quantitative estimate of drug-likeness (QED) is 0.499. The third kappa shape index (κ3) is 4.47. The van der Waals surface area contributed by atoms with Gasteiger partial charge < -0.3 is 0 Å². The van der Waals surface area contributed by atoms with Crippen molar-refractivity contribution in [2.24, 2.45) is 0 Å². The SMILES string of the molecule is C=CC(C)(C)c1ccc([I-]c2ccc(C(C)(C)CC)cc2)cc1. The Kier molecular flexibility index (Phi) is 5.72. The molecule has 0 fully saturated rings. The van der Waals surface area contributed by atoms with Crippen LogP contribution >= 0.6 is 0 Å². The first kappa shape index (κ1) is 18.3. The molecular formula is C22H28I-. The summed E-state index contributed by atoms with van der Waals surface area (Å²) < 4.78 is 2.95. The van der Waals surface area contributed by atoms with E-state index >= 15 is 0 Å². The van der Waals surface area contributed by atoms with Gasteiger partial charge in [0.25, 0.3) is 0 Å². The molecule has 2 aromatic rings. The summed E-state index contributed by atoms with van der Waals surface area (Å²) in [5, 5.41) is 0. The second-order valence-electron chi connectivity index (χ2n) is 7.27. The zero-order valence-electron chi connectivity index (χ0n) is 15.0. The van der Waals surface area contributed by atoms with Gasteiger partial charge in [-0.2, -0.15) is 0 Å². The van der Waals surface area contributed by atoms with Gasteiger partial charge in [-0.1, -0.05) is 0 Å². The van der Waals surface area contributed by atoms with Crippen molar-refractivity contribution in [3.63, 3.8) is 0 Å². The summed E-state index contributed by atoms with van der Waals surface area (Å²) in [6.07, 6.45) is 3.19.